The van der Waals surface area contributed by atoms with E-state index in [1.807, 2.05) is 49.4 Å². The molecule has 1 saturated heterocycles. The number of aromatic amines is 2. The first-order valence-electron chi connectivity index (χ1n) is 15.3. The Kier molecular flexibility index (Phi) is 7.81. The van der Waals surface area contributed by atoms with Gasteiger partial charge in [-0.15, -0.1) is 0 Å². The summed E-state index contributed by atoms with van der Waals surface area (Å²) < 4.78 is 35.9. The number of aryl methyl sites for hydroxylation is 1. The Labute approximate surface area is 262 Å². The van der Waals surface area contributed by atoms with Gasteiger partial charge in [0.15, 0.2) is 11.9 Å². The summed E-state index contributed by atoms with van der Waals surface area (Å²) in [7, 11) is 0. The van der Waals surface area contributed by atoms with Crippen LogP contribution in [0.4, 0.5) is 13.6 Å². The van der Waals surface area contributed by atoms with Gasteiger partial charge in [-0.05, 0) is 78.1 Å². The van der Waals surface area contributed by atoms with Crippen molar-refractivity contribution in [3.8, 4) is 0 Å². The number of nitrogens with one attached hydrogen (secondary N) is 2. The minimum Gasteiger partial charge on any atom is -0.438 e. The Morgan fingerprint density at radius 3 is 2.61 bits per heavy atom. The number of fused-ring (bicyclic) bond motifs is 2. The van der Waals surface area contributed by atoms with Gasteiger partial charge in [0.2, 0.25) is 0 Å². The van der Waals surface area contributed by atoms with Crippen LogP contribution in [0.2, 0.25) is 0 Å². The van der Waals surface area contributed by atoms with Crippen molar-refractivity contribution in [2.24, 2.45) is 0 Å². The number of carbonyl (C=O) groups is 1. The maximum Gasteiger partial charge on any atom is 0.410 e. The third-order valence-electron chi connectivity index (χ3n) is 8.76. The number of aromatic nitrogens is 5. The lowest BCUT2D eigenvalue weighted by Gasteiger charge is -2.32. The van der Waals surface area contributed by atoms with Gasteiger partial charge >= 0.3 is 6.09 Å². The van der Waals surface area contributed by atoms with E-state index in [0.29, 0.717) is 43.7 Å². The molecule has 1 atom stereocenters. The van der Waals surface area contributed by atoms with Gasteiger partial charge in [-0.3, -0.25) is 9.89 Å². The largest absolute Gasteiger partial charge is 0.438 e. The van der Waals surface area contributed by atoms with Crippen molar-refractivity contribution in [2.45, 2.75) is 44.8 Å². The van der Waals surface area contributed by atoms with Crippen LogP contribution in [0.25, 0.3) is 21.8 Å². The molecule has 1 fully saturated rings. The molecule has 0 aliphatic carbocycles. The molecular weight excluding hydrogens is 590 g/mol. The summed E-state index contributed by atoms with van der Waals surface area (Å²) in [5.41, 5.74) is 4.69. The van der Waals surface area contributed by atoms with Crippen molar-refractivity contribution in [2.75, 3.05) is 13.1 Å². The molecular formula is C35H32F2N6O3. The average molecular weight is 623 g/mol. The Hall–Kier alpha value is -5.32. The Morgan fingerprint density at radius 1 is 1.02 bits per heavy atom. The molecule has 1 unspecified atom stereocenters. The summed E-state index contributed by atoms with van der Waals surface area (Å²) in [6.07, 6.45) is 5.34. The number of pyridine rings is 1. The minimum absolute atomic E-state index is 0.0171. The van der Waals surface area contributed by atoms with Crippen LogP contribution in [-0.4, -0.2) is 48.8 Å². The molecule has 9 nitrogen and oxygen atoms in total. The summed E-state index contributed by atoms with van der Waals surface area (Å²) in [6.45, 7) is 2.98. The highest BCUT2D eigenvalue weighted by Gasteiger charge is 2.30. The summed E-state index contributed by atoms with van der Waals surface area (Å²) >= 11 is 0. The van der Waals surface area contributed by atoms with Crippen LogP contribution < -0.4 is 5.56 Å². The van der Waals surface area contributed by atoms with Gasteiger partial charge in [-0.25, -0.2) is 18.6 Å². The number of halogens is 2. The second-order valence-electron chi connectivity index (χ2n) is 11.9. The first-order chi connectivity index (χ1) is 22.3. The van der Waals surface area contributed by atoms with Crippen molar-refractivity contribution in [3.05, 3.63) is 129 Å². The molecule has 46 heavy (non-hydrogen) atoms. The van der Waals surface area contributed by atoms with Crippen LogP contribution in [0.1, 0.15) is 52.9 Å². The lowest BCUT2D eigenvalue weighted by atomic mass is 9.89. The molecule has 11 heteroatoms. The van der Waals surface area contributed by atoms with Crippen molar-refractivity contribution >= 4 is 27.9 Å². The third-order valence-corrected chi connectivity index (χ3v) is 8.76. The number of amides is 1. The quantitative estimate of drug-likeness (QED) is 0.210. The first kappa shape index (κ1) is 29.4. The topological polar surface area (TPSA) is 109 Å². The number of para-hydroxylation sites is 1. The highest BCUT2D eigenvalue weighted by Crippen LogP contribution is 2.30. The summed E-state index contributed by atoms with van der Waals surface area (Å²) in [4.78, 5) is 35.7. The van der Waals surface area contributed by atoms with Gasteiger partial charge in [-0.2, -0.15) is 5.10 Å². The van der Waals surface area contributed by atoms with E-state index < -0.39 is 23.8 Å². The average Bonchev–Trinajstić information content (AvgIpc) is 3.70. The van der Waals surface area contributed by atoms with E-state index in [4.69, 9.17) is 4.74 Å². The van der Waals surface area contributed by atoms with E-state index >= 15 is 0 Å². The van der Waals surface area contributed by atoms with E-state index in [1.165, 1.54) is 12.1 Å². The van der Waals surface area contributed by atoms with Gasteiger partial charge < -0.3 is 19.2 Å². The van der Waals surface area contributed by atoms with Gasteiger partial charge in [0.05, 0.1) is 11.7 Å². The standard InChI is InChI=1S/C35H32F2N6O3/c1-21-12-22(13-26-19-39-41-32(21)26)16-31(33-38-8-11-43(33)20-23-14-27(36)18-28(37)15-23)46-35(45)42-9-6-24(7-10-42)29-17-25-4-2-3-5-30(25)40-34(29)44/h2-5,8,11-15,17-19,24,31H,6-7,9-10,16,20H2,1H3,(H,39,41)(H,40,44). The number of benzene rings is 3. The highest BCUT2D eigenvalue weighted by atomic mass is 19.1. The fraction of sp³-hybridized carbons (Fsp3) is 0.257. The fourth-order valence-electron chi connectivity index (χ4n) is 6.51. The van der Waals surface area contributed by atoms with Crippen molar-refractivity contribution in [1.29, 1.82) is 0 Å². The van der Waals surface area contributed by atoms with E-state index in [9.17, 15) is 18.4 Å². The number of H-pyrrole nitrogens is 2. The number of piperidine rings is 1. The molecule has 6 aromatic rings. The normalized spacial score (nSPS) is 14.6. The second kappa shape index (κ2) is 12.2. The predicted molar refractivity (Wildman–Crippen MR) is 170 cm³/mol. The highest BCUT2D eigenvalue weighted by molar-refractivity contribution is 5.82. The zero-order chi connectivity index (χ0) is 31.8. The molecule has 1 aliphatic heterocycles. The number of hydrogen-bond acceptors (Lipinski definition) is 5. The fourth-order valence-corrected chi connectivity index (χ4v) is 6.51. The zero-order valence-electron chi connectivity index (χ0n) is 25.2. The molecule has 4 heterocycles. The molecule has 0 bridgehead atoms. The molecule has 0 spiro atoms. The minimum atomic E-state index is -0.786. The Balaban J connectivity index is 1.12. The Morgan fingerprint density at radius 2 is 1.80 bits per heavy atom. The van der Waals surface area contributed by atoms with Crippen LogP contribution >= 0.6 is 0 Å². The summed E-state index contributed by atoms with van der Waals surface area (Å²) in [5, 5.41) is 9.06. The number of ether oxygens (including phenoxy) is 1. The predicted octanol–water partition coefficient (Wildman–Crippen LogP) is 6.54. The zero-order valence-corrected chi connectivity index (χ0v) is 25.2. The number of rotatable bonds is 7. The van der Waals surface area contributed by atoms with Gasteiger partial charge in [0, 0.05) is 61.0 Å². The van der Waals surface area contributed by atoms with Gasteiger partial charge in [0.1, 0.15) is 11.6 Å². The number of imidazole rings is 1. The van der Waals surface area contributed by atoms with Crippen LogP contribution in [0.15, 0.2) is 84.0 Å². The maximum absolute atomic E-state index is 14.0. The van der Waals surface area contributed by atoms with E-state index in [1.54, 1.807) is 28.1 Å². The lowest BCUT2D eigenvalue weighted by Crippen LogP contribution is -2.40. The van der Waals surface area contributed by atoms with Crippen molar-refractivity contribution in [1.82, 2.24) is 29.6 Å². The number of likely N-dealkylation sites (tertiary alicyclic amines) is 1. The molecule has 7 rings (SSSR count). The summed E-state index contributed by atoms with van der Waals surface area (Å²) in [5.74, 6) is -0.862. The number of carbonyl (C=O) groups excluding carboxylic acids is 1. The van der Waals surface area contributed by atoms with Crippen molar-refractivity contribution < 1.29 is 18.3 Å². The van der Waals surface area contributed by atoms with Crippen molar-refractivity contribution in [3.63, 3.8) is 0 Å². The molecule has 1 amide bonds. The molecule has 3 aromatic carbocycles. The van der Waals surface area contributed by atoms with E-state index in [0.717, 1.165) is 44.6 Å². The lowest BCUT2D eigenvalue weighted by molar-refractivity contribution is 0.0507. The molecule has 2 N–H and O–H groups in total. The van der Waals surface area contributed by atoms with E-state index in [2.05, 4.69) is 20.2 Å². The van der Waals surface area contributed by atoms with Crippen LogP contribution in [-0.2, 0) is 17.7 Å². The SMILES string of the molecule is Cc1cc(CC(OC(=O)N2CCC(c3cc4ccccc4[nH]c3=O)CC2)c2nccn2Cc2cc(F)cc(F)c2)cc2cn[nH]c12. The van der Waals surface area contributed by atoms with Gasteiger partial charge in [-0.1, -0.05) is 24.3 Å². The van der Waals surface area contributed by atoms with Crippen LogP contribution in [0.5, 0.6) is 0 Å². The Bertz CT molecular complexity index is 2090. The summed E-state index contributed by atoms with van der Waals surface area (Å²) in [6, 6.07) is 17.0. The molecule has 0 radical (unpaired) electrons. The van der Waals surface area contributed by atoms with Crippen LogP contribution in [0, 0.1) is 18.6 Å². The molecule has 1 aliphatic rings. The number of nitrogens with zero attached hydrogens (tertiary/aromatic N) is 4. The molecule has 234 valence electrons. The second-order valence-corrected chi connectivity index (χ2v) is 11.9. The third kappa shape index (κ3) is 6.00. The van der Waals surface area contributed by atoms with Gasteiger partial charge in [0.25, 0.3) is 5.56 Å². The molecule has 3 aromatic heterocycles. The van der Waals surface area contributed by atoms with E-state index in [-0.39, 0.29) is 18.0 Å². The van der Waals surface area contributed by atoms with Crippen LogP contribution in [0.3, 0.4) is 0 Å². The monoisotopic (exact) mass is 622 g/mol. The number of hydrogen-bond donors (Lipinski definition) is 2. The molecule has 0 saturated carbocycles. The smallest absolute Gasteiger partial charge is 0.410 e. The first-order valence-corrected chi connectivity index (χ1v) is 15.3. The maximum atomic E-state index is 14.0.